The van der Waals surface area contributed by atoms with Crippen molar-refractivity contribution in [2.24, 2.45) is 0 Å². The molecule has 0 saturated carbocycles. The number of carbonyl (C=O) groups is 1. The van der Waals surface area contributed by atoms with E-state index in [0.29, 0.717) is 0 Å². The fourth-order valence-electron chi connectivity index (χ4n) is 2.08. The number of carboxylic acids is 1. The quantitative estimate of drug-likeness (QED) is 0.738. The Morgan fingerprint density at radius 3 is 2.57 bits per heavy atom. The SMILES string of the molecule is O=C(O)c1ccc(Nc2ccnc3ccc(Br)cc23)cc1. The molecule has 0 unspecified atom stereocenters. The van der Waals surface area contributed by atoms with Crippen molar-refractivity contribution in [3.8, 4) is 0 Å². The second-order valence-corrected chi connectivity index (χ2v) is 5.44. The van der Waals surface area contributed by atoms with Gasteiger partial charge in [-0.05, 0) is 48.5 Å². The number of carboxylic acid groups (broad SMARTS) is 1. The van der Waals surface area contributed by atoms with Gasteiger partial charge in [0.15, 0.2) is 0 Å². The molecule has 0 saturated heterocycles. The second kappa shape index (κ2) is 5.54. The zero-order chi connectivity index (χ0) is 14.8. The molecule has 2 N–H and O–H groups in total. The third-order valence-electron chi connectivity index (χ3n) is 3.11. The number of aromatic carboxylic acids is 1. The van der Waals surface area contributed by atoms with Crippen molar-refractivity contribution in [2.45, 2.75) is 0 Å². The smallest absolute Gasteiger partial charge is 0.335 e. The summed E-state index contributed by atoms with van der Waals surface area (Å²) in [4.78, 5) is 15.2. The molecule has 0 aliphatic carbocycles. The topological polar surface area (TPSA) is 62.2 Å². The molecular weight excluding hydrogens is 332 g/mol. The van der Waals surface area contributed by atoms with Crippen molar-refractivity contribution in [3.05, 3.63) is 64.8 Å². The van der Waals surface area contributed by atoms with E-state index in [1.54, 1.807) is 30.5 Å². The molecule has 1 heterocycles. The van der Waals surface area contributed by atoms with Crippen molar-refractivity contribution in [2.75, 3.05) is 5.32 Å². The van der Waals surface area contributed by atoms with Crippen LogP contribution in [0.15, 0.2) is 59.2 Å². The van der Waals surface area contributed by atoms with E-state index in [1.165, 1.54) is 0 Å². The van der Waals surface area contributed by atoms with Crippen LogP contribution in [0.3, 0.4) is 0 Å². The van der Waals surface area contributed by atoms with Crippen molar-refractivity contribution in [1.29, 1.82) is 0 Å². The molecule has 0 radical (unpaired) electrons. The highest BCUT2D eigenvalue weighted by atomic mass is 79.9. The lowest BCUT2D eigenvalue weighted by Gasteiger charge is -2.10. The van der Waals surface area contributed by atoms with E-state index >= 15 is 0 Å². The number of hydrogen-bond acceptors (Lipinski definition) is 3. The molecule has 3 aromatic rings. The number of fused-ring (bicyclic) bond motifs is 1. The van der Waals surface area contributed by atoms with E-state index in [1.807, 2.05) is 24.3 Å². The molecule has 0 amide bonds. The molecule has 1 aromatic heterocycles. The average molecular weight is 343 g/mol. The Hall–Kier alpha value is -2.40. The van der Waals surface area contributed by atoms with Crippen LogP contribution in [0, 0.1) is 0 Å². The molecule has 0 atom stereocenters. The van der Waals surface area contributed by atoms with Crippen molar-refractivity contribution < 1.29 is 9.90 Å². The molecule has 0 aliphatic heterocycles. The maximum atomic E-state index is 10.8. The molecule has 0 bridgehead atoms. The van der Waals surface area contributed by atoms with E-state index in [2.05, 4.69) is 26.2 Å². The van der Waals surface area contributed by atoms with Crippen LogP contribution in [0.2, 0.25) is 0 Å². The minimum atomic E-state index is -0.931. The minimum Gasteiger partial charge on any atom is -0.478 e. The molecule has 4 nitrogen and oxygen atoms in total. The first-order chi connectivity index (χ1) is 10.1. The summed E-state index contributed by atoms with van der Waals surface area (Å²) in [7, 11) is 0. The highest BCUT2D eigenvalue weighted by Crippen LogP contribution is 2.27. The number of pyridine rings is 1. The second-order valence-electron chi connectivity index (χ2n) is 4.53. The number of aromatic nitrogens is 1. The molecule has 0 fully saturated rings. The summed E-state index contributed by atoms with van der Waals surface area (Å²) in [6.07, 6.45) is 1.74. The zero-order valence-electron chi connectivity index (χ0n) is 10.9. The van der Waals surface area contributed by atoms with Crippen LogP contribution in [0.25, 0.3) is 10.9 Å². The summed E-state index contributed by atoms with van der Waals surface area (Å²) in [5.74, 6) is -0.931. The Bertz CT molecular complexity index is 816. The lowest BCUT2D eigenvalue weighted by molar-refractivity contribution is 0.0697. The Balaban J connectivity index is 1.97. The van der Waals surface area contributed by atoms with Crippen LogP contribution in [-0.4, -0.2) is 16.1 Å². The van der Waals surface area contributed by atoms with Gasteiger partial charge in [-0.1, -0.05) is 15.9 Å². The Labute approximate surface area is 129 Å². The van der Waals surface area contributed by atoms with Crippen LogP contribution in [0.5, 0.6) is 0 Å². The van der Waals surface area contributed by atoms with Gasteiger partial charge in [-0.25, -0.2) is 4.79 Å². The molecule has 5 heteroatoms. The van der Waals surface area contributed by atoms with Gasteiger partial charge >= 0.3 is 5.97 Å². The zero-order valence-corrected chi connectivity index (χ0v) is 12.5. The highest BCUT2D eigenvalue weighted by molar-refractivity contribution is 9.10. The largest absolute Gasteiger partial charge is 0.478 e. The molecule has 104 valence electrons. The summed E-state index contributed by atoms with van der Waals surface area (Å²) in [6.45, 7) is 0. The Morgan fingerprint density at radius 2 is 1.86 bits per heavy atom. The Kier molecular flexibility index (Phi) is 3.58. The molecule has 0 spiro atoms. The summed E-state index contributed by atoms with van der Waals surface area (Å²) in [5, 5.41) is 13.2. The van der Waals surface area contributed by atoms with Crippen LogP contribution in [0.1, 0.15) is 10.4 Å². The van der Waals surface area contributed by atoms with E-state index in [-0.39, 0.29) is 5.56 Å². The van der Waals surface area contributed by atoms with Gasteiger partial charge in [-0.15, -0.1) is 0 Å². The maximum absolute atomic E-state index is 10.8. The number of halogens is 1. The van der Waals surface area contributed by atoms with Gasteiger partial charge in [0, 0.05) is 27.4 Å². The molecule has 2 aromatic carbocycles. The number of nitrogens with zero attached hydrogens (tertiary/aromatic N) is 1. The summed E-state index contributed by atoms with van der Waals surface area (Å²) >= 11 is 3.46. The fraction of sp³-hybridized carbons (Fsp3) is 0. The number of hydrogen-bond donors (Lipinski definition) is 2. The predicted molar refractivity (Wildman–Crippen MR) is 86.1 cm³/mol. The summed E-state index contributed by atoms with van der Waals surface area (Å²) in [5.41, 5.74) is 2.91. The number of nitrogens with one attached hydrogen (secondary N) is 1. The summed E-state index contributed by atoms with van der Waals surface area (Å²) < 4.78 is 0.979. The van der Waals surface area contributed by atoms with E-state index in [0.717, 1.165) is 26.8 Å². The van der Waals surface area contributed by atoms with E-state index in [4.69, 9.17) is 5.11 Å². The normalized spacial score (nSPS) is 10.5. The van der Waals surface area contributed by atoms with Crippen molar-refractivity contribution in [1.82, 2.24) is 4.98 Å². The van der Waals surface area contributed by atoms with E-state index < -0.39 is 5.97 Å². The van der Waals surface area contributed by atoms with Gasteiger partial charge in [-0.2, -0.15) is 0 Å². The fourth-order valence-corrected chi connectivity index (χ4v) is 2.44. The maximum Gasteiger partial charge on any atom is 0.335 e. The third kappa shape index (κ3) is 2.87. The lowest BCUT2D eigenvalue weighted by atomic mass is 10.1. The Morgan fingerprint density at radius 1 is 1.10 bits per heavy atom. The van der Waals surface area contributed by atoms with Crippen molar-refractivity contribution >= 4 is 44.2 Å². The summed E-state index contributed by atoms with van der Waals surface area (Å²) in [6, 6.07) is 14.4. The number of rotatable bonds is 3. The first-order valence-electron chi connectivity index (χ1n) is 6.28. The lowest BCUT2D eigenvalue weighted by Crippen LogP contribution is -1.97. The first-order valence-corrected chi connectivity index (χ1v) is 7.07. The number of anilines is 2. The average Bonchev–Trinajstić information content (AvgIpc) is 2.48. The van der Waals surface area contributed by atoms with Crippen molar-refractivity contribution in [3.63, 3.8) is 0 Å². The van der Waals surface area contributed by atoms with Gasteiger partial charge in [0.25, 0.3) is 0 Å². The van der Waals surface area contributed by atoms with Gasteiger partial charge < -0.3 is 10.4 Å². The third-order valence-corrected chi connectivity index (χ3v) is 3.61. The van der Waals surface area contributed by atoms with Gasteiger partial charge in [0.05, 0.1) is 11.1 Å². The molecular formula is C16H11BrN2O2. The number of benzene rings is 2. The predicted octanol–water partition coefficient (Wildman–Crippen LogP) is 4.44. The van der Waals surface area contributed by atoms with Crippen LogP contribution >= 0.6 is 15.9 Å². The monoisotopic (exact) mass is 342 g/mol. The molecule has 3 rings (SSSR count). The van der Waals surface area contributed by atoms with Crippen LogP contribution < -0.4 is 5.32 Å². The van der Waals surface area contributed by atoms with Crippen LogP contribution in [-0.2, 0) is 0 Å². The minimum absolute atomic E-state index is 0.267. The van der Waals surface area contributed by atoms with Gasteiger partial charge in [0.2, 0.25) is 0 Å². The highest BCUT2D eigenvalue weighted by Gasteiger charge is 2.05. The standard InChI is InChI=1S/C16H11BrN2O2/c17-11-3-6-14-13(9-11)15(7-8-18-14)19-12-4-1-10(2-5-12)16(20)21/h1-9H,(H,18,19)(H,20,21). The molecule has 0 aliphatic rings. The van der Waals surface area contributed by atoms with Crippen LogP contribution in [0.4, 0.5) is 11.4 Å². The molecule has 21 heavy (non-hydrogen) atoms. The van der Waals surface area contributed by atoms with E-state index in [9.17, 15) is 4.79 Å². The van der Waals surface area contributed by atoms with Gasteiger partial charge in [-0.3, -0.25) is 4.98 Å². The first kappa shape index (κ1) is 13.6. The van der Waals surface area contributed by atoms with Gasteiger partial charge in [0.1, 0.15) is 0 Å².